The molecule has 136 valence electrons. The van der Waals surface area contributed by atoms with Crippen molar-refractivity contribution in [3.63, 3.8) is 0 Å². The van der Waals surface area contributed by atoms with E-state index in [9.17, 15) is 4.79 Å². The van der Waals surface area contributed by atoms with Crippen molar-refractivity contribution in [1.82, 2.24) is 14.5 Å². The molecule has 3 heterocycles. The van der Waals surface area contributed by atoms with Crippen LogP contribution in [0.1, 0.15) is 11.8 Å². The Morgan fingerprint density at radius 1 is 1.19 bits per heavy atom. The molecule has 26 heavy (non-hydrogen) atoms. The van der Waals surface area contributed by atoms with E-state index in [4.69, 9.17) is 11.6 Å². The van der Waals surface area contributed by atoms with Gasteiger partial charge in [-0.2, -0.15) is 0 Å². The molecule has 0 radical (unpaired) electrons. The van der Waals surface area contributed by atoms with Crippen molar-refractivity contribution < 1.29 is 0 Å². The maximum Gasteiger partial charge on any atom is 0.263 e. The Hall–Kier alpha value is -1.89. The molecule has 0 saturated carbocycles. The van der Waals surface area contributed by atoms with Crippen LogP contribution in [-0.2, 0) is 13.1 Å². The second-order valence-electron chi connectivity index (χ2n) is 6.50. The van der Waals surface area contributed by atoms with Crippen molar-refractivity contribution in [2.75, 3.05) is 31.1 Å². The van der Waals surface area contributed by atoms with Crippen LogP contribution in [-0.4, -0.2) is 40.6 Å². The summed E-state index contributed by atoms with van der Waals surface area (Å²) in [4.78, 5) is 23.8. The summed E-state index contributed by atoms with van der Waals surface area (Å²) in [7, 11) is 0. The smallest absolute Gasteiger partial charge is 0.263 e. The van der Waals surface area contributed by atoms with Crippen molar-refractivity contribution in [3.05, 3.63) is 56.9 Å². The van der Waals surface area contributed by atoms with E-state index in [-0.39, 0.29) is 5.56 Å². The molecule has 0 bridgehead atoms. The van der Waals surface area contributed by atoms with Crippen molar-refractivity contribution in [3.8, 4) is 0 Å². The summed E-state index contributed by atoms with van der Waals surface area (Å²) >= 11 is 7.91. The molecule has 2 aromatic heterocycles. The van der Waals surface area contributed by atoms with E-state index < -0.39 is 0 Å². The number of piperazine rings is 1. The summed E-state index contributed by atoms with van der Waals surface area (Å²) in [6.07, 6.45) is 2.62. The third kappa shape index (κ3) is 3.37. The Balaban J connectivity index is 1.46. The van der Waals surface area contributed by atoms with Gasteiger partial charge >= 0.3 is 0 Å². The highest BCUT2D eigenvalue weighted by Gasteiger charge is 2.19. The fourth-order valence-corrected chi connectivity index (χ4v) is 4.52. The Labute approximate surface area is 161 Å². The second kappa shape index (κ2) is 7.39. The summed E-state index contributed by atoms with van der Waals surface area (Å²) in [5, 5.41) is 1.53. The van der Waals surface area contributed by atoms with E-state index in [1.165, 1.54) is 4.88 Å². The number of halogens is 1. The molecule has 7 heteroatoms. The van der Waals surface area contributed by atoms with E-state index in [0.717, 1.165) is 53.5 Å². The number of nitrogens with zero attached hydrogens (tertiary/aromatic N) is 4. The van der Waals surface area contributed by atoms with Gasteiger partial charge in [0, 0.05) is 31.1 Å². The van der Waals surface area contributed by atoms with E-state index in [1.54, 1.807) is 22.2 Å². The topological polar surface area (TPSA) is 41.4 Å². The SMILES string of the molecule is CCc1cc2c(=O)n(CN3CCN(c4ccccc4Cl)CC3)cnc2s1. The van der Waals surface area contributed by atoms with Gasteiger partial charge in [-0.25, -0.2) is 4.98 Å². The molecular formula is C19H21ClN4OS. The first-order valence-electron chi connectivity index (χ1n) is 8.85. The van der Waals surface area contributed by atoms with Gasteiger partial charge in [-0.1, -0.05) is 30.7 Å². The summed E-state index contributed by atoms with van der Waals surface area (Å²) < 4.78 is 1.72. The lowest BCUT2D eigenvalue weighted by molar-refractivity contribution is 0.203. The number of hydrogen-bond donors (Lipinski definition) is 0. The van der Waals surface area contributed by atoms with Crippen molar-refractivity contribution in [2.24, 2.45) is 0 Å². The molecule has 1 saturated heterocycles. The fourth-order valence-electron chi connectivity index (χ4n) is 3.34. The second-order valence-corrected chi connectivity index (χ2v) is 8.02. The van der Waals surface area contributed by atoms with Crippen molar-refractivity contribution in [2.45, 2.75) is 20.0 Å². The lowest BCUT2D eigenvalue weighted by Crippen LogP contribution is -2.47. The predicted molar refractivity (Wildman–Crippen MR) is 108 cm³/mol. The first kappa shape index (κ1) is 17.5. The van der Waals surface area contributed by atoms with E-state index in [0.29, 0.717) is 6.67 Å². The molecule has 5 nitrogen and oxygen atoms in total. The third-order valence-corrected chi connectivity index (χ3v) is 6.34. The minimum atomic E-state index is 0.0551. The first-order valence-corrected chi connectivity index (χ1v) is 10.0. The minimum absolute atomic E-state index is 0.0551. The molecule has 0 atom stereocenters. The Morgan fingerprint density at radius 3 is 2.69 bits per heavy atom. The van der Waals surface area contributed by atoms with Crippen LogP contribution in [0.5, 0.6) is 0 Å². The van der Waals surface area contributed by atoms with Crippen LogP contribution in [0.2, 0.25) is 5.02 Å². The molecule has 0 unspecified atom stereocenters. The van der Waals surface area contributed by atoms with Crippen molar-refractivity contribution in [1.29, 1.82) is 0 Å². The van der Waals surface area contributed by atoms with Gasteiger partial charge in [0.05, 0.1) is 22.8 Å². The Morgan fingerprint density at radius 2 is 1.96 bits per heavy atom. The zero-order valence-electron chi connectivity index (χ0n) is 14.7. The Bertz CT molecular complexity index is 975. The number of fused-ring (bicyclic) bond motifs is 1. The van der Waals surface area contributed by atoms with E-state index in [2.05, 4.69) is 27.8 Å². The highest BCUT2D eigenvalue weighted by molar-refractivity contribution is 7.18. The molecule has 1 aliphatic heterocycles. The van der Waals surface area contributed by atoms with Crippen LogP contribution in [0.3, 0.4) is 0 Å². The van der Waals surface area contributed by atoms with Gasteiger partial charge in [-0.3, -0.25) is 14.3 Å². The monoisotopic (exact) mass is 388 g/mol. The maximum atomic E-state index is 12.7. The highest BCUT2D eigenvalue weighted by Crippen LogP contribution is 2.26. The molecule has 4 rings (SSSR count). The molecule has 1 fully saturated rings. The molecule has 0 aliphatic carbocycles. The van der Waals surface area contributed by atoms with Gasteiger partial charge in [0.1, 0.15) is 11.2 Å². The minimum Gasteiger partial charge on any atom is -0.368 e. The quantitative estimate of drug-likeness (QED) is 0.686. The largest absolute Gasteiger partial charge is 0.368 e. The lowest BCUT2D eigenvalue weighted by atomic mass is 10.2. The van der Waals surface area contributed by atoms with E-state index in [1.807, 2.05) is 24.3 Å². The maximum absolute atomic E-state index is 12.7. The zero-order valence-corrected chi connectivity index (χ0v) is 16.3. The number of anilines is 1. The standard InChI is InChI=1S/C19H21ClN4OS/c1-2-14-11-15-18(26-14)21-12-24(19(15)25)13-22-7-9-23(10-8-22)17-6-4-3-5-16(17)20/h3-6,11-12H,2,7-10,13H2,1H3. The average molecular weight is 389 g/mol. The molecule has 0 spiro atoms. The van der Waals surface area contributed by atoms with Crippen molar-refractivity contribution >= 4 is 38.8 Å². The van der Waals surface area contributed by atoms with E-state index >= 15 is 0 Å². The summed E-state index contributed by atoms with van der Waals surface area (Å²) in [6.45, 7) is 6.25. The van der Waals surface area contributed by atoms with Gasteiger partial charge in [-0.15, -0.1) is 11.3 Å². The van der Waals surface area contributed by atoms with Gasteiger partial charge in [0.15, 0.2) is 0 Å². The summed E-state index contributed by atoms with van der Waals surface area (Å²) in [6, 6.07) is 9.93. The van der Waals surface area contributed by atoms with Gasteiger partial charge in [-0.05, 0) is 24.6 Å². The van der Waals surface area contributed by atoms with Crippen LogP contribution < -0.4 is 10.5 Å². The molecule has 1 aromatic carbocycles. The number of aryl methyl sites for hydroxylation is 1. The van der Waals surface area contributed by atoms with Gasteiger partial charge in [0.2, 0.25) is 0 Å². The van der Waals surface area contributed by atoms with Crippen LogP contribution in [0.15, 0.2) is 41.5 Å². The fraction of sp³-hybridized carbons (Fsp3) is 0.368. The van der Waals surface area contributed by atoms with Gasteiger partial charge in [0.25, 0.3) is 5.56 Å². The third-order valence-electron chi connectivity index (χ3n) is 4.84. The normalized spacial score (nSPS) is 15.7. The first-order chi connectivity index (χ1) is 12.7. The van der Waals surface area contributed by atoms with Crippen LogP contribution in [0, 0.1) is 0 Å². The number of aromatic nitrogens is 2. The molecular weight excluding hydrogens is 368 g/mol. The average Bonchev–Trinajstić information content (AvgIpc) is 3.10. The molecule has 0 N–H and O–H groups in total. The predicted octanol–water partition coefficient (Wildman–Crippen LogP) is 3.45. The molecule has 0 amide bonds. The molecule has 3 aromatic rings. The molecule has 1 aliphatic rings. The number of benzene rings is 1. The number of rotatable bonds is 4. The Kier molecular flexibility index (Phi) is 4.98. The number of thiophene rings is 1. The van der Waals surface area contributed by atoms with Gasteiger partial charge < -0.3 is 4.90 Å². The summed E-state index contributed by atoms with van der Waals surface area (Å²) in [5.41, 5.74) is 1.14. The summed E-state index contributed by atoms with van der Waals surface area (Å²) in [5.74, 6) is 0. The number of hydrogen-bond acceptors (Lipinski definition) is 5. The van der Waals surface area contributed by atoms with Crippen LogP contribution in [0.25, 0.3) is 10.2 Å². The van der Waals surface area contributed by atoms with Crippen LogP contribution >= 0.6 is 22.9 Å². The number of para-hydroxylation sites is 1. The highest BCUT2D eigenvalue weighted by atomic mass is 35.5. The van der Waals surface area contributed by atoms with Crippen LogP contribution in [0.4, 0.5) is 5.69 Å². The zero-order chi connectivity index (χ0) is 18.1. The lowest BCUT2D eigenvalue weighted by Gasteiger charge is -2.36.